The summed E-state index contributed by atoms with van der Waals surface area (Å²) >= 11 is 2.01. The molecule has 5 rings (SSSR count). The van der Waals surface area contributed by atoms with Crippen LogP contribution in [0.15, 0.2) is 66.7 Å². The number of likely N-dealkylation sites (tertiary alicyclic amines) is 1. The van der Waals surface area contributed by atoms with Crippen LogP contribution in [0.5, 0.6) is 0 Å². The number of benzene rings is 3. The highest BCUT2D eigenvalue weighted by Gasteiger charge is 2.50. The largest absolute Gasteiger partial charge is 0.479 e. The molecule has 0 radical (unpaired) electrons. The lowest BCUT2D eigenvalue weighted by Gasteiger charge is -2.43. The number of fused-ring (bicyclic) bond motifs is 3. The van der Waals surface area contributed by atoms with Crippen LogP contribution in [0.3, 0.4) is 0 Å². The number of hydrogen-bond donors (Lipinski definition) is 3. The molecular weight excluding hydrogens is 563 g/mol. The molecule has 2 amide bonds. The molecule has 3 aromatic carbocycles. The Morgan fingerprint density at radius 2 is 1.60 bits per heavy atom. The molecule has 3 N–H and O–H groups in total. The zero-order valence-corrected chi connectivity index (χ0v) is 20.6. The number of carbonyl (C=O) groups excluding carboxylic acids is 2. The maximum Gasteiger partial charge on any atom is 0.411 e. The molecule has 1 saturated heterocycles. The first-order valence-corrected chi connectivity index (χ1v) is 12.0. The number of rotatable bonds is 5. The molecule has 0 unspecified atom stereocenters. The lowest BCUT2D eigenvalue weighted by molar-refractivity contribution is -0.173. The molecule has 178 valence electrons. The SMILES string of the molecule is O=C(Nc1ccc(C(=O)N2CC(O)(C(=O)O)C2)cc1I)OCC1c2ccccc2-c2ccccc21. The molecule has 0 aromatic heterocycles. The summed E-state index contributed by atoms with van der Waals surface area (Å²) in [5, 5.41) is 21.6. The van der Waals surface area contributed by atoms with Crippen molar-refractivity contribution in [1.82, 2.24) is 4.90 Å². The second kappa shape index (κ2) is 8.97. The number of nitrogens with zero attached hydrogens (tertiary/aromatic N) is 1. The van der Waals surface area contributed by atoms with Gasteiger partial charge in [0, 0.05) is 15.1 Å². The number of hydrogen-bond acceptors (Lipinski definition) is 5. The van der Waals surface area contributed by atoms with E-state index in [-0.39, 0.29) is 31.5 Å². The van der Waals surface area contributed by atoms with Crippen LogP contribution < -0.4 is 5.32 Å². The van der Waals surface area contributed by atoms with E-state index in [2.05, 4.69) is 29.6 Å². The van der Waals surface area contributed by atoms with Gasteiger partial charge in [0.1, 0.15) is 6.61 Å². The van der Waals surface area contributed by atoms with Crippen molar-refractivity contribution in [2.75, 3.05) is 25.0 Å². The van der Waals surface area contributed by atoms with Crippen molar-refractivity contribution < 1.29 is 29.3 Å². The number of carboxylic acid groups (broad SMARTS) is 1. The number of amides is 2. The van der Waals surface area contributed by atoms with E-state index in [9.17, 15) is 19.5 Å². The van der Waals surface area contributed by atoms with Gasteiger partial charge in [-0.2, -0.15) is 0 Å². The van der Waals surface area contributed by atoms with E-state index in [0.29, 0.717) is 14.8 Å². The Labute approximate surface area is 214 Å². The van der Waals surface area contributed by atoms with Crippen LogP contribution in [0.1, 0.15) is 27.4 Å². The molecule has 9 heteroatoms. The van der Waals surface area contributed by atoms with Gasteiger partial charge in [0.05, 0.1) is 18.8 Å². The summed E-state index contributed by atoms with van der Waals surface area (Å²) in [5.74, 6) is -1.78. The van der Waals surface area contributed by atoms with Crippen LogP contribution in [-0.2, 0) is 9.53 Å². The molecule has 0 saturated carbocycles. The summed E-state index contributed by atoms with van der Waals surface area (Å²) in [6, 6.07) is 20.9. The molecule has 0 atom stereocenters. The lowest BCUT2D eigenvalue weighted by atomic mass is 9.93. The minimum Gasteiger partial charge on any atom is -0.479 e. The summed E-state index contributed by atoms with van der Waals surface area (Å²) < 4.78 is 6.20. The highest BCUT2D eigenvalue weighted by molar-refractivity contribution is 14.1. The van der Waals surface area contributed by atoms with E-state index in [4.69, 9.17) is 9.84 Å². The molecular formula is C26H21IN2O6. The number of ether oxygens (including phenoxy) is 1. The Bertz CT molecular complexity index is 1310. The fourth-order valence-corrected chi connectivity index (χ4v) is 5.19. The molecule has 1 aliphatic carbocycles. The number of halogens is 1. The van der Waals surface area contributed by atoms with E-state index in [1.807, 2.05) is 46.9 Å². The minimum atomic E-state index is -1.89. The van der Waals surface area contributed by atoms with Crippen LogP contribution >= 0.6 is 22.6 Å². The molecule has 0 spiro atoms. The van der Waals surface area contributed by atoms with E-state index >= 15 is 0 Å². The fourth-order valence-electron chi connectivity index (χ4n) is 4.54. The number of anilines is 1. The number of aliphatic hydroxyl groups is 1. The second-order valence-corrected chi connectivity index (χ2v) is 9.81. The van der Waals surface area contributed by atoms with E-state index in [1.54, 1.807) is 18.2 Å². The Balaban J connectivity index is 1.22. The standard InChI is InChI=1S/C26H21IN2O6/c27-21-11-15(23(30)29-13-26(34,14-29)24(31)32)9-10-22(21)28-25(33)35-12-20-18-7-3-1-5-16(18)17-6-2-4-8-19(17)20/h1-11,20,34H,12-14H2,(H,28,33)(H,31,32). The topological polar surface area (TPSA) is 116 Å². The van der Waals surface area contributed by atoms with E-state index < -0.39 is 17.7 Å². The Kier molecular flexibility index (Phi) is 5.97. The van der Waals surface area contributed by atoms with Crippen molar-refractivity contribution in [3.63, 3.8) is 0 Å². The first-order valence-electron chi connectivity index (χ1n) is 10.9. The van der Waals surface area contributed by atoms with Crippen molar-refractivity contribution in [3.8, 4) is 11.1 Å². The van der Waals surface area contributed by atoms with Crippen LogP contribution in [0.4, 0.5) is 10.5 Å². The average molecular weight is 584 g/mol. The van der Waals surface area contributed by atoms with Gasteiger partial charge >= 0.3 is 12.1 Å². The molecule has 3 aromatic rings. The minimum absolute atomic E-state index is 0.0480. The molecule has 8 nitrogen and oxygen atoms in total. The Morgan fingerprint density at radius 1 is 1.00 bits per heavy atom. The number of carboxylic acids is 1. The second-order valence-electron chi connectivity index (χ2n) is 8.64. The van der Waals surface area contributed by atoms with Crippen LogP contribution in [0.2, 0.25) is 0 Å². The number of nitrogens with one attached hydrogen (secondary N) is 1. The summed E-state index contributed by atoms with van der Waals surface area (Å²) in [6.07, 6.45) is -0.599. The molecule has 1 heterocycles. The van der Waals surface area contributed by atoms with Gasteiger partial charge in [0.2, 0.25) is 0 Å². The first kappa shape index (κ1) is 23.3. The number of carbonyl (C=O) groups is 3. The third-order valence-electron chi connectivity index (χ3n) is 6.39. The first-order chi connectivity index (χ1) is 16.8. The molecule has 0 bridgehead atoms. The average Bonchev–Trinajstić information content (AvgIpc) is 3.15. The van der Waals surface area contributed by atoms with Crippen LogP contribution in [-0.4, -0.2) is 58.4 Å². The van der Waals surface area contributed by atoms with Gasteiger partial charge in [-0.25, -0.2) is 9.59 Å². The van der Waals surface area contributed by atoms with Gasteiger partial charge < -0.3 is 19.8 Å². The van der Waals surface area contributed by atoms with Crippen molar-refractivity contribution in [2.45, 2.75) is 11.5 Å². The normalized spacial score (nSPS) is 15.5. The molecule has 2 aliphatic rings. The fraction of sp³-hybridized carbons (Fsp3) is 0.192. The molecule has 1 aliphatic heterocycles. The molecule has 1 fully saturated rings. The lowest BCUT2D eigenvalue weighted by Crippen LogP contribution is -2.67. The summed E-state index contributed by atoms with van der Waals surface area (Å²) in [5.41, 5.74) is 3.48. The van der Waals surface area contributed by atoms with Crippen molar-refractivity contribution in [1.29, 1.82) is 0 Å². The third kappa shape index (κ3) is 4.25. The van der Waals surface area contributed by atoms with Gasteiger partial charge in [-0.05, 0) is 63.0 Å². The summed E-state index contributed by atoms with van der Waals surface area (Å²) in [7, 11) is 0. The van der Waals surface area contributed by atoms with E-state index in [0.717, 1.165) is 22.3 Å². The quantitative estimate of drug-likeness (QED) is 0.392. The van der Waals surface area contributed by atoms with Gasteiger partial charge in [-0.1, -0.05) is 48.5 Å². The van der Waals surface area contributed by atoms with Crippen molar-refractivity contribution >= 4 is 46.2 Å². The predicted octanol–water partition coefficient (Wildman–Crippen LogP) is 3.92. The van der Waals surface area contributed by atoms with Crippen molar-refractivity contribution in [3.05, 3.63) is 87.0 Å². The smallest absolute Gasteiger partial charge is 0.411 e. The zero-order valence-electron chi connectivity index (χ0n) is 18.4. The Hall–Kier alpha value is -3.44. The highest BCUT2D eigenvalue weighted by atomic mass is 127. The van der Waals surface area contributed by atoms with Crippen LogP contribution in [0, 0.1) is 3.57 Å². The van der Waals surface area contributed by atoms with Gasteiger partial charge in [0.25, 0.3) is 5.91 Å². The third-order valence-corrected chi connectivity index (χ3v) is 7.28. The number of β-amino-alcohol motifs (C(OH)–C–C–N with tert-alkyl or cyclic N) is 1. The van der Waals surface area contributed by atoms with Gasteiger partial charge in [-0.3, -0.25) is 10.1 Å². The van der Waals surface area contributed by atoms with Crippen molar-refractivity contribution in [2.24, 2.45) is 0 Å². The maximum absolute atomic E-state index is 12.6. The predicted molar refractivity (Wildman–Crippen MR) is 136 cm³/mol. The Morgan fingerprint density at radius 3 is 2.17 bits per heavy atom. The number of aliphatic carboxylic acids is 1. The monoisotopic (exact) mass is 584 g/mol. The van der Waals surface area contributed by atoms with Crippen LogP contribution in [0.25, 0.3) is 11.1 Å². The van der Waals surface area contributed by atoms with E-state index in [1.165, 1.54) is 4.90 Å². The van der Waals surface area contributed by atoms with Gasteiger partial charge in [-0.15, -0.1) is 0 Å². The van der Waals surface area contributed by atoms with Gasteiger partial charge in [0.15, 0.2) is 5.60 Å². The summed E-state index contributed by atoms with van der Waals surface area (Å²) in [6.45, 7) is -0.344. The zero-order chi connectivity index (χ0) is 24.7. The highest BCUT2D eigenvalue weighted by Crippen LogP contribution is 2.44. The molecule has 35 heavy (non-hydrogen) atoms. The maximum atomic E-state index is 12.6. The summed E-state index contributed by atoms with van der Waals surface area (Å²) in [4.78, 5) is 37.4.